The van der Waals surface area contributed by atoms with E-state index in [9.17, 15) is 4.79 Å². The van der Waals surface area contributed by atoms with Crippen LogP contribution in [0.15, 0.2) is 22.8 Å². The highest BCUT2D eigenvalue weighted by Gasteiger charge is 2.41. The predicted octanol–water partition coefficient (Wildman–Crippen LogP) is 2.14. The minimum absolute atomic E-state index is 0.122. The second-order valence-corrected chi connectivity index (χ2v) is 5.73. The number of halogens is 1. The normalized spacial score (nSPS) is 27.2. The Morgan fingerprint density at radius 1 is 1.44 bits per heavy atom. The molecule has 0 bridgehead atoms. The number of aromatic nitrogens is 1. The molecule has 1 aliphatic carbocycles. The van der Waals surface area contributed by atoms with Crippen molar-refractivity contribution in [3.63, 3.8) is 0 Å². The summed E-state index contributed by atoms with van der Waals surface area (Å²) in [5, 5.41) is 3.05. The molecule has 18 heavy (non-hydrogen) atoms. The van der Waals surface area contributed by atoms with Crippen LogP contribution in [0.25, 0.3) is 0 Å². The lowest BCUT2D eigenvalue weighted by Crippen LogP contribution is -2.41. The molecule has 1 amide bonds. The Labute approximate surface area is 114 Å². The van der Waals surface area contributed by atoms with Gasteiger partial charge in [0.15, 0.2) is 0 Å². The summed E-state index contributed by atoms with van der Waals surface area (Å²) in [6, 6.07) is 3.76. The van der Waals surface area contributed by atoms with Crippen molar-refractivity contribution in [2.75, 3.05) is 6.61 Å². The van der Waals surface area contributed by atoms with Crippen LogP contribution in [0.5, 0.6) is 0 Å². The zero-order chi connectivity index (χ0) is 12.5. The molecule has 3 rings (SSSR count). The molecule has 2 heterocycles. The number of nitrogens with zero attached hydrogens (tertiary/aromatic N) is 1. The molecule has 0 aromatic carbocycles. The fraction of sp³-hybridized carbons (Fsp3) is 0.538. The summed E-state index contributed by atoms with van der Waals surface area (Å²) in [4.78, 5) is 16.3. The van der Waals surface area contributed by atoms with Crippen LogP contribution in [0, 0.1) is 5.92 Å². The number of carbonyl (C=O) groups is 1. The van der Waals surface area contributed by atoms with Gasteiger partial charge in [-0.25, -0.2) is 4.98 Å². The maximum Gasteiger partial charge on any atom is 0.271 e. The first-order chi connectivity index (χ1) is 8.75. The van der Waals surface area contributed by atoms with Gasteiger partial charge in [0.2, 0.25) is 0 Å². The maximum absolute atomic E-state index is 12.2. The van der Waals surface area contributed by atoms with Crippen molar-refractivity contribution >= 4 is 21.8 Å². The highest BCUT2D eigenvalue weighted by atomic mass is 79.9. The molecule has 2 unspecified atom stereocenters. The van der Waals surface area contributed by atoms with Gasteiger partial charge in [-0.1, -0.05) is 0 Å². The van der Waals surface area contributed by atoms with Gasteiger partial charge in [0.25, 0.3) is 5.91 Å². The van der Waals surface area contributed by atoms with E-state index in [0.29, 0.717) is 11.6 Å². The topological polar surface area (TPSA) is 51.2 Å². The minimum Gasteiger partial charge on any atom is -0.376 e. The number of hydrogen-bond donors (Lipinski definition) is 1. The highest BCUT2D eigenvalue weighted by molar-refractivity contribution is 9.10. The first-order valence-electron chi connectivity index (χ1n) is 6.28. The van der Waals surface area contributed by atoms with Gasteiger partial charge in [0.1, 0.15) is 5.69 Å². The summed E-state index contributed by atoms with van der Waals surface area (Å²) >= 11 is 3.35. The van der Waals surface area contributed by atoms with E-state index in [0.717, 1.165) is 17.5 Å². The molecule has 96 valence electrons. The predicted molar refractivity (Wildman–Crippen MR) is 70.3 cm³/mol. The number of amides is 1. The summed E-state index contributed by atoms with van der Waals surface area (Å²) in [5.74, 6) is 0.522. The molecule has 0 spiro atoms. The summed E-state index contributed by atoms with van der Waals surface area (Å²) in [7, 11) is 0. The van der Waals surface area contributed by atoms with Crippen molar-refractivity contribution in [2.24, 2.45) is 5.92 Å². The first-order valence-corrected chi connectivity index (χ1v) is 7.08. The molecular weight excluding hydrogens is 296 g/mol. The molecule has 0 radical (unpaired) electrons. The Hall–Kier alpha value is -0.940. The van der Waals surface area contributed by atoms with Crippen molar-refractivity contribution < 1.29 is 9.53 Å². The Morgan fingerprint density at radius 2 is 2.28 bits per heavy atom. The average Bonchev–Trinajstić information content (AvgIpc) is 3.11. The third-order valence-corrected chi connectivity index (χ3v) is 4.15. The van der Waals surface area contributed by atoms with Gasteiger partial charge in [0.05, 0.1) is 12.1 Å². The minimum atomic E-state index is -0.122. The molecule has 1 aromatic heterocycles. The zero-order valence-electron chi connectivity index (χ0n) is 9.93. The smallest absolute Gasteiger partial charge is 0.271 e. The van der Waals surface area contributed by atoms with E-state index < -0.39 is 0 Å². The highest BCUT2D eigenvalue weighted by Crippen LogP contribution is 2.38. The van der Waals surface area contributed by atoms with Crippen LogP contribution in [-0.4, -0.2) is 29.6 Å². The van der Waals surface area contributed by atoms with Crippen LogP contribution in [0.1, 0.15) is 29.8 Å². The van der Waals surface area contributed by atoms with Crippen molar-refractivity contribution in [3.05, 3.63) is 28.5 Å². The van der Waals surface area contributed by atoms with Crippen molar-refractivity contribution in [1.82, 2.24) is 10.3 Å². The SMILES string of the molecule is O=C(NC1CCOC1C1CC1)c1ncccc1Br. The van der Waals surface area contributed by atoms with Gasteiger partial charge in [-0.05, 0) is 53.2 Å². The van der Waals surface area contributed by atoms with Crippen LogP contribution in [-0.2, 0) is 4.74 Å². The monoisotopic (exact) mass is 310 g/mol. The number of pyridine rings is 1. The maximum atomic E-state index is 12.2. The lowest BCUT2D eigenvalue weighted by atomic mass is 10.1. The molecular formula is C13H15BrN2O2. The first kappa shape index (κ1) is 12.1. The van der Waals surface area contributed by atoms with Gasteiger partial charge in [0, 0.05) is 17.3 Å². The Kier molecular flexibility index (Phi) is 3.35. The van der Waals surface area contributed by atoms with E-state index in [2.05, 4.69) is 26.2 Å². The van der Waals surface area contributed by atoms with E-state index >= 15 is 0 Å². The molecule has 1 aliphatic heterocycles. The second-order valence-electron chi connectivity index (χ2n) is 4.88. The number of ether oxygens (including phenoxy) is 1. The summed E-state index contributed by atoms with van der Waals surface area (Å²) in [6.45, 7) is 0.746. The molecule has 1 N–H and O–H groups in total. The molecule has 2 aliphatic rings. The molecule has 1 saturated heterocycles. The fourth-order valence-corrected chi connectivity index (χ4v) is 2.88. The molecule has 2 fully saturated rings. The van der Waals surface area contributed by atoms with Gasteiger partial charge >= 0.3 is 0 Å². The lowest BCUT2D eigenvalue weighted by molar-refractivity contribution is 0.0727. The van der Waals surface area contributed by atoms with Crippen molar-refractivity contribution in [2.45, 2.75) is 31.4 Å². The molecule has 1 aromatic rings. The van der Waals surface area contributed by atoms with Gasteiger partial charge in [-0.3, -0.25) is 4.79 Å². The van der Waals surface area contributed by atoms with E-state index in [1.165, 1.54) is 12.8 Å². The Bertz CT molecular complexity index is 462. The summed E-state index contributed by atoms with van der Waals surface area (Å²) in [6.07, 6.45) is 5.19. The van der Waals surface area contributed by atoms with Crippen LogP contribution < -0.4 is 5.32 Å². The quantitative estimate of drug-likeness (QED) is 0.930. The van der Waals surface area contributed by atoms with E-state index in [-0.39, 0.29) is 18.1 Å². The van der Waals surface area contributed by atoms with E-state index in [1.807, 2.05) is 6.07 Å². The third kappa shape index (κ3) is 2.42. The average molecular weight is 311 g/mol. The number of carbonyl (C=O) groups excluding carboxylic acids is 1. The number of rotatable bonds is 3. The second kappa shape index (κ2) is 4.97. The largest absolute Gasteiger partial charge is 0.376 e. The standard InChI is InChI=1S/C13H15BrN2O2/c14-9-2-1-6-15-11(9)13(17)16-10-5-7-18-12(10)8-3-4-8/h1-2,6,8,10,12H,3-5,7H2,(H,16,17). The van der Waals surface area contributed by atoms with Crippen molar-refractivity contribution in [1.29, 1.82) is 0 Å². The molecule has 2 atom stereocenters. The van der Waals surface area contributed by atoms with Crippen LogP contribution >= 0.6 is 15.9 Å². The molecule has 4 nitrogen and oxygen atoms in total. The van der Waals surface area contributed by atoms with Gasteiger partial charge < -0.3 is 10.1 Å². The molecule has 1 saturated carbocycles. The van der Waals surface area contributed by atoms with E-state index in [1.54, 1.807) is 12.3 Å². The zero-order valence-corrected chi connectivity index (χ0v) is 11.5. The summed E-state index contributed by atoms with van der Waals surface area (Å²) < 4.78 is 6.44. The number of nitrogens with one attached hydrogen (secondary N) is 1. The fourth-order valence-electron chi connectivity index (χ4n) is 2.44. The third-order valence-electron chi connectivity index (χ3n) is 3.51. The van der Waals surface area contributed by atoms with E-state index in [4.69, 9.17) is 4.74 Å². The van der Waals surface area contributed by atoms with Crippen LogP contribution in [0.4, 0.5) is 0 Å². The Morgan fingerprint density at radius 3 is 3.00 bits per heavy atom. The summed E-state index contributed by atoms with van der Waals surface area (Å²) in [5.41, 5.74) is 0.443. The van der Waals surface area contributed by atoms with Gasteiger partial charge in [-0.2, -0.15) is 0 Å². The van der Waals surface area contributed by atoms with Gasteiger partial charge in [-0.15, -0.1) is 0 Å². The number of hydrogen-bond acceptors (Lipinski definition) is 3. The van der Waals surface area contributed by atoms with Crippen molar-refractivity contribution in [3.8, 4) is 0 Å². The van der Waals surface area contributed by atoms with Crippen LogP contribution in [0.3, 0.4) is 0 Å². The Balaban J connectivity index is 1.69. The molecule has 5 heteroatoms. The van der Waals surface area contributed by atoms with Crippen LogP contribution in [0.2, 0.25) is 0 Å². The lowest BCUT2D eigenvalue weighted by Gasteiger charge is -2.19.